The fraction of sp³-hybridized carbons (Fsp3) is 0.955. The first-order valence-corrected chi connectivity index (χ1v) is 11.0. The molecule has 0 aromatic carbocycles. The van der Waals surface area contributed by atoms with Gasteiger partial charge < -0.3 is 9.64 Å². The van der Waals surface area contributed by atoms with Crippen LogP contribution in [0, 0.1) is 5.92 Å². The molecule has 0 rings (SSSR count). The minimum atomic E-state index is -0.108. The molecule has 0 aliphatic rings. The van der Waals surface area contributed by atoms with Crippen molar-refractivity contribution in [1.29, 1.82) is 0 Å². The van der Waals surface area contributed by atoms with Crippen molar-refractivity contribution in [1.82, 2.24) is 4.90 Å². The van der Waals surface area contributed by atoms with Gasteiger partial charge in [0.1, 0.15) is 6.10 Å². The summed E-state index contributed by atoms with van der Waals surface area (Å²) < 4.78 is 5.65. The van der Waals surface area contributed by atoms with Gasteiger partial charge >= 0.3 is 6.09 Å². The number of ether oxygens (including phenoxy) is 1. The third-order valence-corrected chi connectivity index (χ3v) is 5.05. The number of hydrogen-bond donors (Lipinski definition) is 0. The summed E-state index contributed by atoms with van der Waals surface area (Å²) >= 11 is 0. The zero-order valence-corrected chi connectivity index (χ0v) is 17.8. The molecule has 0 N–H and O–H groups in total. The van der Waals surface area contributed by atoms with Crippen LogP contribution < -0.4 is 0 Å². The van der Waals surface area contributed by atoms with E-state index in [1.807, 2.05) is 11.8 Å². The molecule has 0 heterocycles. The molecule has 0 aromatic heterocycles. The Morgan fingerprint density at radius 1 is 0.720 bits per heavy atom. The highest BCUT2D eigenvalue weighted by molar-refractivity contribution is 5.67. The summed E-state index contributed by atoms with van der Waals surface area (Å²) in [4.78, 5) is 14.5. The van der Waals surface area contributed by atoms with Crippen molar-refractivity contribution in [2.45, 2.75) is 118 Å². The van der Waals surface area contributed by atoms with E-state index in [9.17, 15) is 4.79 Å². The van der Waals surface area contributed by atoms with E-state index in [1.165, 1.54) is 64.2 Å². The van der Waals surface area contributed by atoms with Crippen LogP contribution in [0.2, 0.25) is 0 Å². The molecule has 25 heavy (non-hydrogen) atoms. The highest BCUT2D eigenvalue weighted by Gasteiger charge is 2.19. The van der Waals surface area contributed by atoms with E-state index in [2.05, 4.69) is 27.7 Å². The Bertz CT molecular complexity index is 288. The molecule has 0 aliphatic heterocycles. The molecule has 3 nitrogen and oxygen atoms in total. The van der Waals surface area contributed by atoms with Crippen LogP contribution in [0.25, 0.3) is 0 Å². The molecule has 0 saturated carbocycles. The molecule has 0 aromatic rings. The Balaban J connectivity index is 4.18. The van der Waals surface area contributed by atoms with Crippen molar-refractivity contribution < 1.29 is 9.53 Å². The average molecular weight is 356 g/mol. The van der Waals surface area contributed by atoms with E-state index in [0.717, 1.165) is 25.9 Å². The summed E-state index contributed by atoms with van der Waals surface area (Å²) in [5.74, 6) is 0.369. The van der Waals surface area contributed by atoms with Crippen molar-refractivity contribution in [2.75, 3.05) is 13.1 Å². The molecule has 1 unspecified atom stereocenters. The van der Waals surface area contributed by atoms with Crippen LogP contribution in [0.1, 0.15) is 112 Å². The minimum absolute atomic E-state index is 0.0101. The molecule has 0 saturated heterocycles. The molecule has 0 bridgehead atoms. The number of rotatable bonds is 16. The van der Waals surface area contributed by atoms with Gasteiger partial charge in [-0.2, -0.15) is 0 Å². The highest BCUT2D eigenvalue weighted by atomic mass is 16.6. The lowest BCUT2D eigenvalue weighted by Gasteiger charge is -2.25. The molecule has 0 radical (unpaired) electrons. The van der Waals surface area contributed by atoms with Crippen LogP contribution in [0.15, 0.2) is 0 Å². The first kappa shape index (κ1) is 24.3. The largest absolute Gasteiger partial charge is 0.446 e. The number of amides is 1. The zero-order chi connectivity index (χ0) is 18.9. The van der Waals surface area contributed by atoms with Crippen molar-refractivity contribution in [3.8, 4) is 0 Å². The monoisotopic (exact) mass is 355 g/mol. The van der Waals surface area contributed by atoms with E-state index in [-0.39, 0.29) is 12.2 Å². The molecule has 0 spiro atoms. The second-order valence-electron chi connectivity index (χ2n) is 7.86. The first-order chi connectivity index (χ1) is 12.0. The van der Waals surface area contributed by atoms with Crippen LogP contribution in [-0.4, -0.2) is 30.2 Å². The van der Waals surface area contributed by atoms with Crippen LogP contribution in [-0.2, 0) is 4.74 Å². The van der Waals surface area contributed by atoms with Gasteiger partial charge in [0, 0.05) is 13.1 Å². The topological polar surface area (TPSA) is 29.5 Å². The van der Waals surface area contributed by atoms with Crippen LogP contribution in [0.3, 0.4) is 0 Å². The summed E-state index contributed by atoms with van der Waals surface area (Å²) in [5, 5.41) is 0. The standard InChI is InChI=1S/C22H45NO2/c1-6-8-10-12-14-16-18-23(19-17-15-13-11-9-7-2)22(24)25-21(5)20(3)4/h20-21H,6-19H2,1-5H3. The van der Waals surface area contributed by atoms with Crippen molar-refractivity contribution in [2.24, 2.45) is 5.92 Å². The Morgan fingerprint density at radius 3 is 1.52 bits per heavy atom. The maximum atomic E-state index is 12.5. The SMILES string of the molecule is CCCCCCCCN(CCCCCCCC)C(=O)OC(C)C(C)C. The summed E-state index contributed by atoms with van der Waals surface area (Å²) in [6.07, 6.45) is 15.0. The Morgan fingerprint density at radius 2 is 1.12 bits per heavy atom. The maximum Gasteiger partial charge on any atom is 0.410 e. The quantitative estimate of drug-likeness (QED) is 0.274. The van der Waals surface area contributed by atoms with Gasteiger partial charge in [0.05, 0.1) is 0 Å². The van der Waals surface area contributed by atoms with Gasteiger partial charge in [-0.25, -0.2) is 4.79 Å². The van der Waals surface area contributed by atoms with E-state index < -0.39 is 0 Å². The van der Waals surface area contributed by atoms with Crippen molar-refractivity contribution in [3.05, 3.63) is 0 Å². The zero-order valence-electron chi connectivity index (χ0n) is 17.8. The van der Waals surface area contributed by atoms with E-state index in [4.69, 9.17) is 4.74 Å². The fourth-order valence-corrected chi connectivity index (χ4v) is 2.83. The number of carbonyl (C=O) groups is 1. The summed E-state index contributed by atoms with van der Waals surface area (Å²) in [5.41, 5.74) is 0. The summed E-state index contributed by atoms with van der Waals surface area (Å²) in [7, 11) is 0. The van der Waals surface area contributed by atoms with Crippen LogP contribution in [0.4, 0.5) is 4.79 Å². The van der Waals surface area contributed by atoms with Gasteiger partial charge in [-0.1, -0.05) is 91.9 Å². The molecule has 0 fully saturated rings. The third kappa shape index (κ3) is 14.2. The van der Waals surface area contributed by atoms with E-state index in [1.54, 1.807) is 0 Å². The molecular formula is C22H45NO2. The predicted molar refractivity (Wildman–Crippen MR) is 109 cm³/mol. The van der Waals surface area contributed by atoms with Gasteiger partial charge in [-0.05, 0) is 25.7 Å². The third-order valence-electron chi connectivity index (χ3n) is 5.05. The molecule has 0 aliphatic carbocycles. The van der Waals surface area contributed by atoms with Gasteiger partial charge in [0.25, 0.3) is 0 Å². The van der Waals surface area contributed by atoms with E-state index >= 15 is 0 Å². The van der Waals surface area contributed by atoms with Crippen LogP contribution >= 0.6 is 0 Å². The maximum absolute atomic E-state index is 12.5. The second-order valence-corrected chi connectivity index (χ2v) is 7.86. The fourth-order valence-electron chi connectivity index (χ4n) is 2.83. The number of unbranched alkanes of at least 4 members (excludes halogenated alkanes) is 10. The van der Waals surface area contributed by atoms with Gasteiger partial charge in [0.2, 0.25) is 0 Å². The number of hydrogen-bond acceptors (Lipinski definition) is 2. The lowest BCUT2D eigenvalue weighted by atomic mass is 10.1. The van der Waals surface area contributed by atoms with Crippen molar-refractivity contribution >= 4 is 6.09 Å². The lowest BCUT2D eigenvalue weighted by Crippen LogP contribution is -2.36. The molecule has 1 atom stereocenters. The normalized spacial score (nSPS) is 12.4. The van der Waals surface area contributed by atoms with E-state index in [0.29, 0.717) is 5.92 Å². The number of carbonyl (C=O) groups excluding carboxylic acids is 1. The van der Waals surface area contributed by atoms with Gasteiger partial charge in [-0.3, -0.25) is 0 Å². The first-order valence-electron chi connectivity index (χ1n) is 11.0. The smallest absolute Gasteiger partial charge is 0.410 e. The Hall–Kier alpha value is -0.730. The second kappa shape index (κ2) is 16.7. The summed E-state index contributed by atoms with van der Waals surface area (Å²) in [6.45, 7) is 12.4. The van der Waals surface area contributed by atoms with Crippen LogP contribution in [0.5, 0.6) is 0 Å². The lowest BCUT2D eigenvalue weighted by molar-refractivity contribution is 0.0499. The predicted octanol–water partition coefficient (Wildman–Crippen LogP) is 7.19. The van der Waals surface area contributed by atoms with Gasteiger partial charge in [-0.15, -0.1) is 0 Å². The minimum Gasteiger partial charge on any atom is -0.446 e. The summed E-state index contributed by atoms with van der Waals surface area (Å²) in [6, 6.07) is 0. The highest BCUT2D eigenvalue weighted by Crippen LogP contribution is 2.12. The van der Waals surface area contributed by atoms with Crippen molar-refractivity contribution in [3.63, 3.8) is 0 Å². The number of nitrogens with zero attached hydrogens (tertiary/aromatic N) is 1. The molecular weight excluding hydrogens is 310 g/mol. The Kier molecular flexibility index (Phi) is 16.2. The molecule has 3 heteroatoms. The molecule has 150 valence electrons. The average Bonchev–Trinajstić information content (AvgIpc) is 2.58. The molecule has 1 amide bonds. The van der Waals surface area contributed by atoms with Gasteiger partial charge in [0.15, 0.2) is 0 Å². The Labute approximate surface area is 157 Å².